The fourth-order valence-corrected chi connectivity index (χ4v) is 1.69. The number of thioether (sulfide) groups is 1. The van der Waals surface area contributed by atoms with E-state index in [0.717, 1.165) is 10.6 Å². The van der Waals surface area contributed by atoms with Gasteiger partial charge in [0.1, 0.15) is 5.75 Å². The first-order valence-electron chi connectivity index (χ1n) is 4.10. The normalized spacial score (nSPS) is 10.8. The smallest absolute Gasteiger partial charge is 0.116 e. The van der Waals surface area contributed by atoms with Crippen LogP contribution in [0.4, 0.5) is 0 Å². The van der Waals surface area contributed by atoms with Crippen molar-refractivity contribution in [1.29, 1.82) is 0 Å². The minimum atomic E-state index is 0.313. The number of phenols is 1. The van der Waals surface area contributed by atoms with Gasteiger partial charge in [-0.1, -0.05) is 18.2 Å². The van der Waals surface area contributed by atoms with E-state index >= 15 is 0 Å². The molecule has 0 aliphatic heterocycles. The van der Waals surface area contributed by atoms with Gasteiger partial charge in [0.05, 0.1) is 0 Å². The number of hydrogen-bond acceptors (Lipinski definition) is 3. The van der Waals surface area contributed by atoms with Crippen molar-refractivity contribution in [1.82, 2.24) is 0 Å². The lowest BCUT2D eigenvalue weighted by Gasteiger charge is -1.98. The molecule has 0 unspecified atom stereocenters. The first-order valence-corrected chi connectivity index (χ1v) is 5.08. The van der Waals surface area contributed by atoms with E-state index in [-0.39, 0.29) is 0 Å². The molecular weight excluding hydrogens is 182 g/mol. The number of hydrogen-bond donors (Lipinski definition) is 2. The Labute approximate surface area is 82.5 Å². The van der Waals surface area contributed by atoms with Gasteiger partial charge in [0.2, 0.25) is 0 Å². The molecule has 1 rings (SSSR count). The van der Waals surface area contributed by atoms with Crippen molar-refractivity contribution in [2.45, 2.75) is 4.90 Å². The quantitative estimate of drug-likeness (QED) is 0.570. The first-order chi connectivity index (χ1) is 6.33. The Bertz CT molecular complexity index is 286. The number of phenolic OH excluding ortho intramolecular Hbond substituents is 1. The monoisotopic (exact) mass is 195 g/mol. The molecule has 2 nitrogen and oxygen atoms in total. The van der Waals surface area contributed by atoms with Crippen molar-refractivity contribution in [2.24, 2.45) is 5.73 Å². The summed E-state index contributed by atoms with van der Waals surface area (Å²) in [6.45, 7) is 0.584. The van der Waals surface area contributed by atoms with E-state index in [9.17, 15) is 0 Å². The van der Waals surface area contributed by atoms with Gasteiger partial charge in [-0.2, -0.15) is 0 Å². The van der Waals surface area contributed by atoms with Crippen molar-refractivity contribution in [3.63, 3.8) is 0 Å². The van der Waals surface area contributed by atoms with E-state index in [1.807, 2.05) is 24.3 Å². The average molecular weight is 195 g/mol. The van der Waals surface area contributed by atoms with E-state index in [0.29, 0.717) is 12.3 Å². The molecule has 0 bridgehead atoms. The Morgan fingerprint density at radius 1 is 1.38 bits per heavy atom. The van der Waals surface area contributed by atoms with E-state index in [4.69, 9.17) is 10.8 Å². The number of nitrogens with two attached hydrogens (primary N) is 1. The van der Waals surface area contributed by atoms with Crippen molar-refractivity contribution in [3.05, 3.63) is 36.4 Å². The molecule has 0 saturated carbocycles. The Kier molecular flexibility index (Phi) is 4.43. The zero-order valence-corrected chi connectivity index (χ0v) is 8.13. The van der Waals surface area contributed by atoms with Gasteiger partial charge in [0.25, 0.3) is 0 Å². The summed E-state index contributed by atoms with van der Waals surface area (Å²) in [5.41, 5.74) is 5.30. The molecule has 1 aromatic carbocycles. The summed E-state index contributed by atoms with van der Waals surface area (Å²) in [6, 6.07) is 7.23. The van der Waals surface area contributed by atoms with Crippen LogP contribution in [0.5, 0.6) is 5.75 Å². The molecule has 0 heterocycles. The summed E-state index contributed by atoms with van der Waals surface area (Å²) in [7, 11) is 0. The second-order valence-corrected chi connectivity index (χ2v) is 3.61. The molecule has 0 atom stereocenters. The van der Waals surface area contributed by atoms with Crippen LogP contribution in [0.15, 0.2) is 41.3 Å². The summed E-state index contributed by atoms with van der Waals surface area (Å²) in [5, 5.41) is 9.16. The number of aromatic hydroxyl groups is 1. The molecule has 1 aromatic rings. The summed E-state index contributed by atoms with van der Waals surface area (Å²) in [4.78, 5) is 1.07. The molecule has 0 amide bonds. The molecule has 0 radical (unpaired) electrons. The summed E-state index contributed by atoms with van der Waals surface area (Å²) in [5.74, 6) is 1.20. The largest absolute Gasteiger partial charge is 0.508 e. The van der Waals surface area contributed by atoms with Crippen LogP contribution < -0.4 is 5.73 Å². The van der Waals surface area contributed by atoms with Gasteiger partial charge in [-0.3, -0.25) is 0 Å². The predicted octanol–water partition coefficient (Wildman–Crippen LogP) is 2.00. The minimum Gasteiger partial charge on any atom is -0.508 e. The molecule has 0 saturated heterocycles. The zero-order valence-electron chi connectivity index (χ0n) is 7.31. The SMILES string of the molecule is NC/C=C/CSc1cccc(O)c1. The second-order valence-electron chi connectivity index (χ2n) is 2.52. The summed E-state index contributed by atoms with van der Waals surface area (Å²) < 4.78 is 0. The van der Waals surface area contributed by atoms with Gasteiger partial charge in [-0.25, -0.2) is 0 Å². The third kappa shape index (κ3) is 4.01. The van der Waals surface area contributed by atoms with Crippen LogP contribution in [0, 0.1) is 0 Å². The Balaban J connectivity index is 2.41. The third-order valence-corrected chi connectivity index (χ3v) is 2.41. The average Bonchev–Trinajstić information content (AvgIpc) is 2.13. The van der Waals surface area contributed by atoms with Gasteiger partial charge in [0.15, 0.2) is 0 Å². The molecule has 0 aliphatic rings. The number of rotatable bonds is 4. The predicted molar refractivity (Wildman–Crippen MR) is 57.0 cm³/mol. The number of benzene rings is 1. The van der Waals surface area contributed by atoms with Crippen molar-refractivity contribution >= 4 is 11.8 Å². The molecule has 3 N–H and O–H groups in total. The van der Waals surface area contributed by atoms with Gasteiger partial charge in [-0.15, -0.1) is 11.8 Å². The van der Waals surface area contributed by atoms with E-state index in [2.05, 4.69) is 0 Å². The van der Waals surface area contributed by atoms with Crippen molar-refractivity contribution in [3.8, 4) is 5.75 Å². The maximum atomic E-state index is 9.16. The van der Waals surface area contributed by atoms with E-state index < -0.39 is 0 Å². The molecule has 13 heavy (non-hydrogen) atoms. The molecule has 70 valence electrons. The fourth-order valence-electron chi connectivity index (χ4n) is 0.882. The molecule has 0 aromatic heterocycles. The lowest BCUT2D eigenvalue weighted by atomic mass is 10.3. The molecule has 0 aliphatic carbocycles. The van der Waals surface area contributed by atoms with Gasteiger partial charge < -0.3 is 10.8 Å². The first kappa shape index (κ1) is 10.2. The molecular formula is C10H13NOS. The van der Waals surface area contributed by atoms with Crippen LogP contribution in [-0.4, -0.2) is 17.4 Å². The maximum absolute atomic E-state index is 9.16. The third-order valence-electron chi connectivity index (χ3n) is 1.47. The highest BCUT2D eigenvalue weighted by molar-refractivity contribution is 7.99. The van der Waals surface area contributed by atoms with E-state index in [1.165, 1.54) is 0 Å². The van der Waals surface area contributed by atoms with E-state index in [1.54, 1.807) is 23.9 Å². The Morgan fingerprint density at radius 2 is 2.23 bits per heavy atom. The lowest BCUT2D eigenvalue weighted by Crippen LogP contribution is -1.92. The molecule has 0 fully saturated rings. The Morgan fingerprint density at radius 3 is 2.92 bits per heavy atom. The molecule has 3 heteroatoms. The Hall–Kier alpha value is -0.930. The summed E-state index contributed by atoms with van der Waals surface area (Å²) in [6.07, 6.45) is 3.95. The maximum Gasteiger partial charge on any atom is 0.116 e. The van der Waals surface area contributed by atoms with Crippen molar-refractivity contribution in [2.75, 3.05) is 12.3 Å². The highest BCUT2D eigenvalue weighted by atomic mass is 32.2. The van der Waals surface area contributed by atoms with Crippen LogP contribution in [0.2, 0.25) is 0 Å². The van der Waals surface area contributed by atoms with Crippen LogP contribution in [-0.2, 0) is 0 Å². The van der Waals surface area contributed by atoms with Crippen LogP contribution in [0.1, 0.15) is 0 Å². The zero-order chi connectivity index (χ0) is 9.52. The van der Waals surface area contributed by atoms with Crippen LogP contribution in [0.3, 0.4) is 0 Å². The minimum absolute atomic E-state index is 0.313. The van der Waals surface area contributed by atoms with Crippen LogP contribution in [0.25, 0.3) is 0 Å². The topological polar surface area (TPSA) is 46.2 Å². The van der Waals surface area contributed by atoms with Gasteiger partial charge in [-0.05, 0) is 18.2 Å². The highest BCUT2D eigenvalue weighted by Gasteiger charge is 1.92. The second kappa shape index (κ2) is 5.67. The fraction of sp³-hybridized carbons (Fsp3) is 0.200. The highest BCUT2D eigenvalue weighted by Crippen LogP contribution is 2.21. The van der Waals surface area contributed by atoms with Crippen molar-refractivity contribution < 1.29 is 5.11 Å². The van der Waals surface area contributed by atoms with Gasteiger partial charge >= 0.3 is 0 Å². The standard InChI is InChI=1S/C10H13NOS/c11-6-1-2-7-13-10-5-3-4-9(12)8-10/h1-5,8,12H,6-7,11H2/b2-1+. The summed E-state index contributed by atoms with van der Waals surface area (Å²) >= 11 is 1.67. The molecule has 0 spiro atoms. The van der Waals surface area contributed by atoms with Crippen LogP contribution >= 0.6 is 11.8 Å². The van der Waals surface area contributed by atoms with Gasteiger partial charge in [0, 0.05) is 17.2 Å². The lowest BCUT2D eigenvalue weighted by molar-refractivity contribution is 0.474.